The van der Waals surface area contributed by atoms with Crippen LogP contribution in [0.4, 0.5) is 0 Å². The van der Waals surface area contributed by atoms with Crippen LogP contribution in [0.3, 0.4) is 0 Å². The molecule has 0 bridgehead atoms. The van der Waals surface area contributed by atoms with Crippen molar-refractivity contribution < 1.29 is 0 Å². The lowest BCUT2D eigenvalue weighted by Crippen LogP contribution is -2.09. The van der Waals surface area contributed by atoms with Crippen LogP contribution < -0.4 is 5.73 Å². The number of nitrogens with two attached hydrogens (primary N) is 1. The fourth-order valence-electron chi connectivity index (χ4n) is 1.30. The molecule has 1 atom stereocenters. The molecule has 2 N–H and O–H groups in total. The van der Waals surface area contributed by atoms with Crippen molar-refractivity contribution in [1.82, 2.24) is 0 Å². The van der Waals surface area contributed by atoms with Crippen molar-refractivity contribution in [1.29, 1.82) is 0 Å². The first kappa shape index (κ1) is 10.6. The van der Waals surface area contributed by atoms with Crippen molar-refractivity contribution in [2.45, 2.75) is 32.2 Å². The van der Waals surface area contributed by atoms with Gasteiger partial charge in [-0.3, -0.25) is 0 Å². The molecule has 0 radical (unpaired) electrons. The van der Waals surface area contributed by atoms with Gasteiger partial charge >= 0.3 is 0 Å². The van der Waals surface area contributed by atoms with E-state index >= 15 is 0 Å². The molecule has 0 aliphatic rings. The van der Waals surface area contributed by atoms with Crippen molar-refractivity contribution in [3.63, 3.8) is 0 Å². The van der Waals surface area contributed by atoms with Gasteiger partial charge in [0.1, 0.15) is 0 Å². The van der Waals surface area contributed by atoms with Gasteiger partial charge in [0, 0.05) is 11.1 Å². The molecule has 0 saturated carbocycles. The zero-order valence-electron chi connectivity index (χ0n) is 7.96. The third kappa shape index (κ3) is 3.37. The number of unbranched alkanes of at least 4 members (excludes halogenated alkanes) is 1. The van der Waals surface area contributed by atoms with Gasteiger partial charge in [-0.25, -0.2) is 0 Å². The van der Waals surface area contributed by atoms with Crippen molar-refractivity contribution in [3.8, 4) is 0 Å². The van der Waals surface area contributed by atoms with Crippen LogP contribution in [0.15, 0.2) is 24.3 Å². The molecule has 0 aliphatic carbocycles. The smallest absolute Gasteiger partial charge is 0.0406 e. The quantitative estimate of drug-likeness (QED) is 0.785. The van der Waals surface area contributed by atoms with Crippen LogP contribution in [0.25, 0.3) is 0 Å². The minimum Gasteiger partial charge on any atom is -0.324 e. The first-order valence-corrected chi connectivity index (χ1v) is 5.13. The van der Waals surface area contributed by atoms with Gasteiger partial charge in [0.25, 0.3) is 0 Å². The van der Waals surface area contributed by atoms with Crippen LogP contribution in [0.5, 0.6) is 0 Å². The topological polar surface area (TPSA) is 26.0 Å². The largest absolute Gasteiger partial charge is 0.324 e. The highest BCUT2D eigenvalue weighted by Crippen LogP contribution is 2.18. The predicted octanol–water partition coefficient (Wildman–Crippen LogP) is 3.53. The zero-order chi connectivity index (χ0) is 9.68. The molecule has 13 heavy (non-hydrogen) atoms. The summed E-state index contributed by atoms with van der Waals surface area (Å²) in [4.78, 5) is 0. The summed E-state index contributed by atoms with van der Waals surface area (Å²) in [5, 5.41) is 0.770. The molecule has 2 heteroatoms. The molecular formula is C11H16ClN. The molecule has 1 nitrogen and oxygen atoms in total. The molecule has 0 heterocycles. The van der Waals surface area contributed by atoms with Gasteiger partial charge in [-0.05, 0) is 24.1 Å². The zero-order valence-corrected chi connectivity index (χ0v) is 8.72. The highest BCUT2D eigenvalue weighted by atomic mass is 35.5. The molecular weight excluding hydrogens is 182 g/mol. The van der Waals surface area contributed by atoms with E-state index in [1.165, 1.54) is 18.4 Å². The molecule has 0 spiro atoms. The molecule has 0 saturated heterocycles. The summed E-state index contributed by atoms with van der Waals surface area (Å²) < 4.78 is 0. The van der Waals surface area contributed by atoms with Crippen molar-refractivity contribution in [2.75, 3.05) is 0 Å². The maximum absolute atomic E-state index is 5.99. The van der Waals surface area contributed by atoms with Gasteiger partial charge in [0.15, 0.2) is 0 Å². The second-order valence-electron chi connectivity index (χ2n) is 3.30. The Kier molecular flexibility index (Phi) is 4.26. The van der Waals surface area contributed by atoms with Gasteiger partial charge in [0.2, 0.25) is 0 Å². The minimum atomic E-state index is 0.164. The molecule has 1 aromatic carbocycles. The van der Waals surface area contributed by atoms with Crippen LogP contribution in [0.2, 0.25) is 5.02 Å². The van der Waals surface area contributed by atoms with Crippen LogP contribution in [-0.4, -0.2) is 0 Å². The lowest BCUT2D eigenvalue weighted by molar-refractivity contribution is 0.603. The van der Waals surface area contributed by atoms with Crippen LogP contribution in [0.1, 0.15) is 37.8 Å². The Morgan fingerprint density at radius 3 is 2.46 bits per heavy atom. The Bertz CT molecular complexity index is 243. The summed E-state index contributed by atoms with van der Waals surface area (Å²) in [7, 11) is 0. The lowest BCUT2D eigenvalue weighted by Gasteiger charge is -2.10. The molecule has 0 unspecified atom stereocenters. The molecule has 72 valence electrons. The van der Waals surface area contributed by atoms with Crippen molar-refractivity contribution in [2.24, 2.45) is 5.73 Å². The summed E-state index contributed by atoms with van der Waals surface area (Å²) >= 11 is 5.78. The lowest BCUT2D eigenvalue weighted by atomic mass is 10.0. The fourth-order valence-corrected chi connectivity index (χ4v) is 1.43. The van der Waals surface area contributed by atoms with Gasteiger partial charge in [-0.2, -0.15) is 0 Å². The van der Waals surface area contributed by atoms with Crippen LogP contribution in [0, 0.1) is 0 Å². The van der Waals surface area contributed by atoms with Gasteiger partial charge in [0.05, 0.1) is 0 Å². The van der Waals surface area contributed by atoms with Gasteiger partial charge < -0.3 is 5.73 Å². The van der Waals surface area contributed by atoms with E-state index < -0.39 is 0 Å². The maximum atomic E-state index is 5.99. The first-order valence-electron chi connectivity index (χ1n) is 4.75. The molecule has 0 aromatic heterocycles. The summed E-state index contributed by atoms with van der Waals surface area (Å²) in [6.45, 7) is 2.18. The first-order chi connectivity index (χ1) is 6.24. The second kappa shape index (κ2) is 5.25. The Hall–Kier alpha value is -0.530. The number of rotatable bonds is 4. The molecule has 0 amide bonds. The molecule has 1 aromatic rings. The van der Waals surface area contributed by atoms with E-state index in [2.05, 4.69) is 6.92 Å². The number of hydrogen-bond acceptors (Lipinski definition) is 1. The summed E-state index contributed by atoms with van der Waals surface area (Å²) in [5.41, 5.74) is 7.17. The molecule has 1 rings (SSSR count). The normalized spacial score (nSPS) is 12.8. The Labute approximate surface area is 84.9 Å². The standard InChI is InChI=1S/C11H16ClN/c1-2-3-4-11(13)9-5-7-10(12)8-6-9/h5-8,11H,2-4,13H2,1H3/t11-/m1/s1. The van der Waals surface area contributed by atoms with E-state index in [-0.39, 0.29) is 6.04 Å². The van der Waals surface area contributed by atoms with E-state index in [1.807, 2.05) is 24.3 Å². The van der Waals surface area contributed by atoms with Gasteiger partial charge in [-0.15, -0.1) is 0 Å². The van der Waals surface area contributed by atoms with Crippen molar-refractivity contribution >= 4 is 11.6 Å². The predicted molar refractivity (Wildman–Crippen MR) is 57.9 cm³/mol. The SMILES string of the molecule is CCCC[C@@H](N)c1ccc(Cl)cc1. The second-order valence-corrected chi connectivity index (χ2v) is 3.74. The van der Waals surface area contributed by atoms with Crippen LogP contribution >= 0.6 is 11.6 Å². The molecule has 0 aliphatic heterocycles. The minimum absolute atomic E-state index is 0.164. The maximum Gasteiger partial charge on any atom is 0.0406 e. The van der Waals surface area contributed by atoms with Crippen molar-refractivity contribution in [3.05, 3.63) is 34.9 Å². The van der Waals surface area contributed by atoms with E-state index in [1.54, 1.807) is 0 Å². The Morgan fingerprint density at radius 1 is 1.31 bits per heavy atom. The third-order valence-electron chi connectivity index (χ3n) is 2.17. The van der Waals surface area contributed by atoms with Gasteiger partial charge in [-0.1, -0.05) is 43.5 Å². The fraction of sp³-hybridized carbons (Fsp3) is 0.455. The monoisotopic (exact) mass is 197 g/mol. The summed E-state index contributed by atoms with van der Waals surface area (Å²) in [5.74, 6) is 0. The van der Waals surface area contributed by atoms with E-state index in [4.69, 9.17) is 17.3 Å². The Balaban J connectivity index is 2.55. The number of halogens is 1. The number of hydrogen-bond donors (Lipinski definition) is 1. The van der Waals surface area contributed by atoms with E-state index in [9.17, 15) is 0 Å². The van der Waals surface area contributed by atoms with E-state index in [0.717, 1.165) is 11.4 Å². The summed E-state index contributed by atoms with van der Waals surface area (Å²) in [6, 6.07) is 7.95. The van der Waals surface area contributed by atoms with Crippen LogP contribution in [-0.2, 0) is 0 Å². The number of benzene rings is 1. The molecule has 0 fully saturated rings. The third-order valence-corrected chi connectivity index (χ3v) is 2.42. The van der Waals surface area contributed by atoms with E-state index in [0.29, 0.717) is 0 Å². The highest BCUT2D eigenvalue weighted by Gasteiger charge is 2.03. The average molecular weight is 198 g/mol. The summed E-state index contributed by atoms with van der Waals surface area (Å²) in [6.07, 6.45) is 3.43. The Morgan fingerprint density at radius 2 is 1.92 bits per heavy atom. The average Bonchev–Trinajstić information content (AvgIpc) is 2.15. The highest BCUT2D eigenvalue weighted by molar-refractivity contribution is 6.30.